The summed E-state index contributed by atoms with van der Waals surface area (Å²) in [5, 5.41) is 6.36. The number of carbonyl (C=O) groups excluding carboxylic acids is 2. The summed E-state index contributed by atoms with van der Waals surface area (Å²) in [6.07, 6.45) is 5.17. The number of carbonyl (C=O) groups is 2. The zero-order valence-corrected chi connectivity index (χ0v) is 13.9. The molecule has 4 heteroatoms. The van der Waals surface area contributed by atoms with Crippen molar-refractivity contribution < 1.29 is 9.59 Å². The van der Waals surface area contributed by atoms with Crippen LogP contribution in [0.2, 0.25) is 0 Å². The van der Waals surface area contributed by atoms with Crippen molar-refractivity contribution in [1.29, 1.82) is 0 Å². The first-order chi connectivity index (χ1) is 10.4. The largest absolute Gasteiger partial charge is 0.352 e. The Morgan fingerprint density at radius 3 is 2.41 bits per heavy atom. The first kappa shape index (κ1) is 18.4. The minimum atomic E-state index is -0.113. The maximum Gasteiger partial charge on any atom is 0.251 e. The number of hydrogen-bond acceptors (Lipinski definition) is 3. The van der Waals surface area contributed by atoms with Crippen molar-refractivity contribution in [2.75, 3.05) is 13.1 Å². The molecule has 0 aliphatic rings. The smallest absolute Gasteiger partial charge is 0.251 e. The van der Waals surface area contributed by atoms with Gasteiger partial charge in [0.1, 0.15) is 6.29 Å². The molecule has 0 aliphatic carbocycles. The lowest BCUT2D eigenvalue weighted by Gasteiger charge is -2.20. The molecule has 0 fully saturated rings. The highest BCUT2D eigenvalue weighted by atomic mass is 16.1. The van der Waals surface area contributed by atoms with E-state index in [1.165, 1.54) is 6.42 Å². The molecule has 2 N–H and O–H groups in total. The predicted molar refractivity (Wildman–Crippen MR) is 90.4 cm³/mol. The fraction of sp³-hybridized carbons (Fsp3) is 0.556. The highest BCUT2D eigenvalue weighted by molar-refractivity contribution is 5.95. The lowest BCUT2D eigenvalue weighted by Crippen LogP contribution is -2.36. The summed E-state index contributed by atoms with van der Waals surface area (Å²) >= 11 is 0. The van der Waals surface area contributed by atoms with Gasteiger partial charge in [-0.05, 0) is 52.3 Å². The first-order valence-corrected chi connectivity index (χ1v) is 8.01. The highest BCUT2D eigenvalue weighted by Gasteiger charge is 2.07. The van der Waals surface area contributed by atoms with E-state index in [9.17, 15) is 9.59 Å². The molecular weight excluding hydrogens is 276 g/mol. The van der Waals surface area contributed by atoms with Gasteiger partial charge in [-0.15, -0.1) is 0 Å². The lowest BCUT2D eigenvalue weighted by molar-refractivity contribution is 0.0953. The second kappa shape index (κ2) is 9.36. The van der Waals surface area contributed by atoms with Gasteiger partial charge in [-0.25, -0.2) is 0 Å². The van der Waals surface area contributed by atoms with Crippen LogP contribution in [0.4, 0.5) is 0 Å². The second-order valence-electron chi connectivity index (χ2n) is 6.59. The minimum absolute atomic E-state index is 0.113. The SMILES string of the molecule is CC(C)(C)NCCCCCCNC(=O)c1cccc(C=O)c1. The summed E-state index contributed by atoms with van der Waals surface area (Å²) in [6.45, 7) is 8.22. The van der Waals surface area contributed by atoms with Gasteiger partial charge in [0.15, 0.2) is 0 Å². The zero-order chi connectivity index (χ0) is 16.4. The average Bonchev–Trinajstić information content (AvgIpc) is 2.48. The summed E-state index contributed by atoms with van der Waals surface area (Å²) in [4.78, 5) is 22.6. The average molecular weight is 304 g/mol. The van der Waals surface area contributed by atoms with E-state index >= 15 is 0 Å². The summed E-state index contributed by atoms with van der Waals surface area (Å²) in [7, 11) is 0. The molecule has 0 aromatic heterocycles. The maximum absolute atomic E-state index is 11.9. The fourth-order valence-corrected chi connectivity index (χ4v) is 2.12. The van der Waals surface area contributed by atoms with Crippen molar-refractivity contribution in [2.45, 2.75) is 52.0 Å². The summed E-state index contributed by atoms with van der Waals surface area (Å²) in [5.74, 6) is -0.113. The number of amides is 1. The first-order valence-electron chi connectivity index (χ1n) is 8.01. The molecule has 4 nitrogen and oxygen atoms in total. The van der Waals surface area contributed by atoms with Crippen LogP contribution >= 0.6 is 0 Å². The van der Waals surface area contributed by atoms with Gasteiger partial charge in [0, 0.05) is 23.2 Å². The molecule has 122 valence electrons. The Morgan fingerprint density at radius 1 is 1.09 bits per heavy atom. The Hall–Kier alpha value is -1.68. The summed E-state index contributed by atoms with van der Waals surface area (Å²) in [6, 6.07) is 6.75. The van der Waals surface area contributed by atoms with Crippen LogP contribution in [-0.2, 0) is 0 Å². The van der Waals surface area contributed by atoms with E-state index in [-0.39, 0.29) is 11.4 Å². The highest BCUT2D eigenvalue weighted by Crippen LogP contribution is 2.04. The van der Waals surface area contributed by atoms with Crippen LogP contribution in [0.3, 0.4) is 0 Å². The third-order valence-electron chi connectivity index (χ3n) is 3.33. The van der Waals surface area contributed by atoms with E-state index in [1.54, 1.807) is 24.3 Å². The number of benzene rings is 1. The molecule has 0 aliphatic heterocycles. The van der Waals surface area contributed by atoms with Crippen LogP contribution in [0.1, 0.15) is 67.2 Å². The molecule has 0 atom stereocenters. The van der Waals surface area contributed by atoms with Gasteiger partial charge >= 0.3 is 0 Å². The Balaban J connectivity index is 2.11. The Morgan fingerprint density at radius 2 is 1.77 bits per heavy atom. The molecule has 0 spiro atoms. The summed E-state index contributed by atoms with van der Waals surface area (Å²) in [5.41, 5.74) is 1.25. The Bertz CT molecular complexity index is 478. The van der Waals surface area contributed by atoms with Crippen molar-refractivity contribution in [3.05, 3.63) is 35.4 Å². The molecule has 1 amide bonds. The van der Waals surface area contributed by atoms with Gasteiger partial charge in [0.2, 0.25) is 0 Å². The number of nitrogens with one attached hydrogen (secondary N) is 2. The molecule has 1 rings (SSSR count). The number of rotatable bonds is 9. The van der Waals surface area contributed by atoms with Gasteiger partial charge in [-0.3, -0.25) is 9.59 Å². The molecule has 0 radical (unpaired) electrons. The van der Waals surface area contributed by atoms with Gasteiger partial charge in [-0.2, -0.15) is 0 Å². The van der Waals surface area contributed by atoms with Gasteiger partial charge in [0.25, 0.3) is 5.91 Å². The van der Waals surface area contributed by atoms with Crippen LogP contribution < -0.4 is 10.6 Å². The third-order valence-corrected chi connectivity index (χ3v) is 3.33. The van der Waals surface area contributed by atoms with Gasteiger partial charge in [0.05, 0.1) is 0 Å². The van der Waals surface area contributed by atoms with Crippen LogP contribution in [-0.4, -0.2) is 30.8 Å². The van der Waals surface area contributed by atoms with E-state index in [4.69, 9.17) is 0 Å². The van der Waals surface area contributed by atoms with Gasteiger partial charge < -0.3 is 10.6 Å². The maximum atomic E-state index is 11.9. The molecule has 0 saturated carbocycles. The van der Waals surface area contributed by atoms with E-state index in [0.717, 1.165) is 32.1 Å². The molecule has 0 heterocycles. The molecule has 22 heavy (non-hydrogen) atoms. The second-order valence-corrected chi connectivity index (χ2v) is 6.59. The number of aldehydes is 1. The monoisotopic (exact) mass is 304 g/mol. The van der Waals surface area contributed by atoms with Gasteiger partial charge in [-0.1, -0.05) is 25.0 Å². The van der Waals surface area contributed by atoms with Crippen LogP contribution in [0.15, 0.2) is 24.3 Å². The number of unbranched alkanes of at least 4 members (excludes halogenated alkanes) is 3. The van der Waals surface area contributed by atoms with E-state index in [1.807, 2.05) is 0 Å². The third kappa shape index (κ3) is 7.93. The van der Waals surface area contributed by atoms with Crippen LogP contribution in [0.25, 0.3) is 0 Å². The number of hydrogen-bond donors (Lipinski definition) is 2. The molecule has 0 saturated heterocycles. The molecule has 0 unspecified atom stereocenters. The van der Waals surface area contributed by atoms with E-state index in [0.29, 0.717) is 17.7 Å². The molecule has 1 aromatic rings. The van der Waals surface area contributed by atoms with E-state index in [2.05, 4.69) is 31.4 Å². The minimum Gasteiger partial charge on any atom is -0.352 e. The normalized spacial score (nSPS) is 11.2. The summed E-state index contributed by atoms with van der Waals surface area (Å²) < 4.78 is 0. The van der Waals surface area contributed by atoms with Crippen molar-refractivity contribution in [2.24, 2.45) is 0 Å². The molecule has 0 bridgehead atoms. The Kier molecular flexibility index (Phi) is 7.82. The topological polar surface area (TPSA) is 58.2 Å². The van der Waals surface area contributed by atoms with Crippen molar-refractivity contribution >= 4 is 12.2 Å². The predicted octanol–water partition coefficient (Wildman–Crippen LogP) is 3.18. The standard InChI is InChI=1S/C18H28N2O2/c1-18(2,3)20-12-7-5-4-6-11-19-17(22)16-10-8-9-15(13-16)14-21/h8-10,13-14,20H,4-7,11-12H2,1-3H3,(H,19,22). The lowest BCUT2D eigenvalue weighted by atomic mass is 10.1. The van der Waals surface area contributed by atoms with Crippen molar-refractivity contribution in [1.82, 2.24) is 10.6 Å². The van der Waals surface area contributed by atoms with Crippen LogP contribution in [0.5, 0.6) is 0 Å². The fourth-order valence-electron chi connectivity index (χ4n) is 2.12. The molecular formula is C18H28N2O2. The Labute approximate surface area is 133 Å². The van der Waals surface area contributed by atoms with Crippen molar-refractivity contribution in [3.8, 4) is 0 Å². The van der Waals surface area contributed by atoms with Crippen molar-refractivity contribution in [3.63, 3.8) is 0 Å². The van der Waals surface area contributed by atoms with Crippen LogP contribution in [0, 0.1) is 0 Å². The van der Waals surface area contributed by atoms with E-state index < -0.39 is 0 Å². The molecule has 1 aromatic carbocycles. The zero-order valence-electron chi connectivity index (χ0n) is 13.9. The quantitative estimate of drug-likeness (QED) is 0.544.